The smallest absolute Gasteiger partial charge is 0.246 e. The fourth-order valence-electron chi connectivity index (χ4n) is 2.79. The van der Waals surface area contributed by atoms with Crippen molar-refractivity contribution in [2.24, 2.45) is 11.7 Å². The van der Waals surface area contributed by atoms with Crippen molar-refractivity contribution in [2.45, 2.75) is 19.9 Å². The van der Waals surface area contributed by atoms with Crippen molar-refractivity contribution in [3.63, 3.8) is 0 Å². The van der Waals surface area contributed by atoms with Crippen molar-refractivity contribution < 1.29 is 4.79 Å². The molecule has 1 aliphatic heterocycles. The normalized spacial score (nSPS) is 24.5. The molecule has 1 saturated heterocycles. The lowest BCUT2D eigenvalue weighted by molar-refractivity contribution is -0.130. The molecule has 1 aliphatic rings. The van der Waals surface area contributed by atoms with Crippen LogP contribution in [0.3, 0.4) is 0 Å². The lowest BCUT2D eigenvalue weighted by Gasteiger charge is -2.31. The molecule has 0 bridgehead atoms. The van der Waals surface area contributed by atoms with Crippen LogP contribution in [-0.2, 0) is 4.79 Å². The Labute approximate surface area is 115 Å². The summed E-state index contributed by atoms with van der Waals surface area (Å²) in [5.74, 6) is 0.555. The van der Waals surface area contributed by atoms with Crippen LogP contribution < -0.4 is 10.6 Å². The number of hydrogen-bond acceptors (Lipinski definition) is 3. The van der Waals surface area contributed by atoms with Gasteiger partial charge in [0.1, 0.15) is 6.04 Å². The summed E-state index contributed by atoms with van der Waals surface area (Å²) in [6.07, 6.45) is 0. The number of carbonyl (C=O) groups excluding carboxylic acids is 1. The van der Waals surface area contributed by atoms with E-state index in [4.69, 9.17) is 5.73 Å². The van der Waals surface area contributed by atoms with Crippen LogP contribution in [0.15, 0.2) is 24.3 Å². The summed E-state index contributed by atoms with van der Waals surface area (Å²) in [4.78, 5) is 16.4. The van der Waals surface area contributed by atoms with E-state index in [2.05, 4.69) is 36.9 Å². The Morgan fingerprint density at radius 3 is 2.74 bits per heavy atom. The molecule has 1 amide bonds. The summed E-state index contributed by atoms with van der Waals surface area (Å²) in [5, 5.41) is 0. The third-order valence-electron chi connectivity index (χ3n) is 3.69. The Morgan fingerprint density at radius 1 is 1.37 bits per heavy atom. The van der Waals surface area contributed by atoms with Gasteiger partial charge in [0.05, 0.1) is 0 Å². The highest BCUT2D eigenvalue weighted by atomic mass is 16.2. The molecule has 0 radical (unpaired) electrons. The van der Waals surface area contributed by atoms with Crippen molar-refractivity contribution in [1.29, 1.82) is 0 Å². The van der Waals surface area contributed by atoms with Gasteiger partial charge in [-0.1, -0.05) is 19.1 Å². The van der Waals surface area contributed by atoms with Gasteiger partial charge in [-0.2, -0.15) is 0 Å². The van der Waals surface area contributed by atoms with Gasteiger partial charge in [-0.3, -0.25) is 4.79 Å². The minimum Gasteiger partial charge on any atom is -0.358 e. The van der Waals surface area contributed by atoms with E-state index in [0.29, 0.717) is 12.5 Å². The summed E-state index contributed by atoms with van der Waals surface area (Å²) in [7, 11) is 1.86. The van der Waals surface area contributed by atoms with Crippen LogP contribution in [0.4, 0.5) is 5.69 Å². The molecule has 4 nitrogen and oxygen atoms in total. The number of likely N-dealkylation sites (N-methyl/N-ethyl adjacent to an activating group) is 1. The second-order valence-electron chi connectivity index (χ2n) is 5.57. The van der Waals surface area contributed by atoms with E-state index in [1.807, 2.05) is 13.1 Å². The van der Waals surface area contributed by atoms with E-state index in [0.717, 1.165) is 18.8 Å². The minimum atomic E-state index is -0.253. The zero-order valence-electron chi connectivity index (χ0n) is 12.0. The quantitative estimate of drug-likeness (QED) is 0.871. The Balaban J connectivity index is 2.37. The maximum atomic E-state index is 12.4. The molecule has 2 atom stereocenters. The molecule has 0 aliphatic carbocycles. The van der Waals surface area contributed by atoms with Crippen LogP contribution in [0.25, 0.3) is 0 Å². The first-order valence-electron chi connectivity index (χ1n) is 6.81. The highest BCUT2D eigenvalue weighted by Crippen LogP contribution is 2.23. The monoisotopic (exact) mass is 261 g/mol. The number of rotatable bonds is 2. The number of aryl methyl sites for hydroxylation is 1. The molecule has 2 rings (SSSR count). The molecule has 104 valence electrons. The highest BCUT2D eigenvalue weighted by Gasteiger charge is 2.32. The number of amides is 1. The second kappa shape index (κ2) is 5.61. The topological polar surface area (TPSA) is 49.6 Å². The van der Waals surface area contributed by atoms with Gasteiger partial charge in [-0.25, -0.2) is 0 Å². The van der Waals surface area contributed by atoms with Gasteiger partial charge in [-0.05, 0) is 30.5 Å². The predicted octanol–water partition coefficient (Wildman–Crippen LogP) is 1.24. The van der Waals surface area contributed by atoms with Crippen LogP contribution in [0.2, 0.25) is 0 Å². The summed E-state index contributed by atoms with van der Waals surface area (Å²) >= 11 is 0. The number of nitrogens with zero attached hydrogens (tertiary/aromatic N) is 2. The highest BCUT2D eigenvalue weighted by molar-refractivity contribution is 5.86. The molecule has 2 N–H and O–H groups in total. The molecular formula is C15H23N3O. The van der Waals surface area contributed by atoms with Crippen LogP contribution in [-0.4, -0.2) is 43.5 Å². The maximum Gasteiger partial charge on any atom is 0.246 e. The Hall–Kier alpha value is -1.55. The van der Waals surface area contributed by atoms with Crippen LogP contribution in [0.5, 0.6) is 0 Å². The number of benzene rings is 1. The van der Waals surface area contributed by atoms with E-state index >= 15 is 0 Å². The number of nitrogens with two attached hydrogens (primary N) is 1. The summed E-state index contributed by atoms with van der Waals surface area (Å²) in [5.41, 5.74) is 8.14. The van der Waals surface area contributed by atoms with Gasteiger partial charge >= 0.3 is 0 Å². The molecule has 1 fully saturated rings. The molecule has 1 aromatic rings. The average Bonchev–Trinajstić information content (AvgIpc) is 2.47. The largest absolute Gasteiger partial charge is 0.358 e. The summed E-state index contributed by atoms with van der Waals surface area (Å²) in [6.45, 7) is 6.24. The zero-order valence-corrected chi connectivity index (χ0v) is 12.0. The maximum absolute atomic E-state index is 12.4. The molecular weight excluding hydrogens is 238 g/mol. The van der Waals surface area contributed by atoms with Gasteiger partial charge in [0.15, 0.2) is 0 Å². The molecule has 0 saturated carbocycles. The third-order valence-corrected chi connectivity index (χ3v) is 3.69. The lowest BCUT2D eigenvalue weighted by atomic mass is 10.1. The van der Waals surface area contributed by atoms with E-state index in [1.165, 1.54) is 5.56 Å². The molecule has 2 unspecified atom stereocenters. The van der Waals surface area contributed by atoms with E-state index < -0.39 is 0 Å². The molecule has 0 aromatic heterocycles. The van der Waals surface area contributed by atoms with Gasteiger partial charge in [0.2, 0.25) is 5.91 Å². The number of anilines is 1. The van der Waals surface area contributed by atoms with Crippen molar-refractivity contribution in [3.8, 4) is 0 Å². The lowest BCUT2D eigenvalue weighted by Crippen LogP contribution is -2.49. The van der Waals surface area contributed by atoms with Gasteiger partial charge < -0.3 is 15.5 Å². The van der Waals surface area contributed by atoms with E-state index in [-0.39, 0.29) is 11.9 Å². The molecule has 0 spiro atoms. The van der Waals surface area contributed by atoms with Crippen LogP contribution >= 0.6 is 0 Å². The Kier molecular flexibility index (Phi) is 4.10. The molecule has 1 aromatic carbocycles. The molecule has 1 heterocycles. The fraction of sp³-hybridized carbons (Fsp3) is 0.533. The van der Waals surface area contributed by atoms with Crippen molar-refractivity contribution >= 4 is 11.6 Å². The second-order valence-corrected chi connectivity index (χ2v) is 5.57. The predicted molar refractivity (Wildman–Crippen MR) is 78.2 cm³/mol. The standard InChI is InChI=1S/C15H23N3O/c1-11-5-4-6-13(7-11)18-10-12(2)9-17(3)15(19)14(18)8-16/h4-7,12,14H,8-10,16H2,1-3H3. The van der Waals surface area contributed by atoms with Crippen LogP contribution in [0, 0.1) is 12.8 Å². The van der Waals surface area contributed by atoms with Gasteiger partial charge in [0, 0.05) is 32.4 Å². The number of carbonyl (C=O) groups is 1. The summed E-state index contributed by atoms with van der Waals surface area (Å²) < 4.78 is 0. The van der Waals surface area contributed by atoms with Crippen molar-refractivity contribution in [2.75, 3.05) is 31.6 Å². The molecule has 19 heavy (non-hydrogen) atoms. The zero-order chi connectivity index (χ0) is 14.0. The average molecular weight is 261 g/mol. The number of hydrogen-bond donors (Lipinski definition) is 1. The first-order chi connectivity index (χ1) is 9.02. The van der Waals surface area contributed by atoms with E-state index in [9.17, 15) is 4.79 Å². The van der Waals surface area contributed by atoms with E-state index in [1.54, 1.807) is 4.90 Å². The fourth-order valence-corrected chi connectivity index (χ4v) is 2.79. The van der Waals surface area contributed by atoms with Gasteiger partial charge in [-0.15, -0.1) is 0 Å². The van der Waals surface area contributed by atoms with Gasteiger partial charge in [0.25, 0.3) is 0 Å². The van der Waals surface area contributed by atoms with Crippen molar-refractivity contribution in [3.05, 3.63) is 29.8 Å². The third kappa shape index (κ3) is 2.89. The summed E-state index contributed by atoms with van der Waals surface area (Å²) in [6, 6.07) is 8.02. The Morgan fingerprint density at radius 2 is 2.11 bits per heavy atom. The first-order valence-corrected chi connectivity index (χ1v) is 6.81. The Bertz CT molecular complexity index is 460. The first kappa shape index (κ1) is 13.9. The molecule has 4 heteroatoms. The van der Waals surface area contributed by atoms with Crippen LogP contribution in [0.1, 0.15) is 12.5 Å². The van der Waals surface area contributed by atoms with Crippen molar-refractivity contribution in [1.82, 2.24) is 4.90 Å². The minimum absolute atomic E-state index is 0.119. The SMILES string of the molecule is Cc1cccc(N2CC(C)CN(C)C(=O)C2CN)c1.